The number of anilines is 2. The van der Waals surface area contributed by atoms with Crippen LogP contribution in [0.5, 0.6) is 0 Å². The molecule has 3 aromatic rings. The first-order chi connectivity index (χ1) is 16.4. The molecular formula is C27H24N4O2S. The summed E-state index contributed by atoms with van der Waals surface area (Å²) in [6.07, 6.45) is 0. The number of nitrogens with zero attached hydrogens (tertiary/aromatic N) is 3. The Morgan fingerprint density at radius 2 is 1.88 bits per heavy atom. The molecule has 3 aromatic carbocycles. The molecule has 0 aromatic heterocycles. The van der Waals surface area contributed by atoms with Crippen molar-refractivity contribution in [3.05, 3.63) is 94.5 Å². The van der Waals surface area contributed by atoms with E-state index < -0.39 is 4.87 Å². The Morgan fingerprint density at radius 1 is 1.09 bits per heavy atom. The van der Waals surface area contributed by atoms with E-state index >= 15 is 0 Å². The highest BCUT2D eigenvalue weighted by Gasteiger charge is 2.59. The van der Waals surface area contributed by atoms with Gasteiger partial charge in [-0.2, -0.15) is 5.26 Å². The molecule has 7 heteroatoms. The van der Waals surface area contributed by atoms with Gasteiger partial charge in [-0.15, -0.1) is 11.8 Å². The maximum Gasteiger partial charge on any atom is 0.323 e. The van der Waals surface area contributed by atoms with Crippen LogP contribution in [-0.4, -0.2) is 29.1 Å². The van der Waals surface area contributed by atoms with E-state index in [0.29, 0.717) is 30.1 Å². The van der Waals surface area contributed by atoms with Gasteiger partial charge in [0.15, 0.2) is 4.87 Å². The monoisotopic (exact) mass is 468 g/mol. The van der Waals surface area contributed by atoms with Gasteiger partial charge in [0.25, 0.3) is 5.91 Å². The van der Waals surface area contributed by atoms with E-state index in [1.54, 1.807) is 21.9 Å². The van der Waals surface area contributed by atoms with Crippen molar-refractivity contribution < 1.29 is 9.59 Å². The van der Waals surface area contributed by atoms with Gasteiger partial charge in [0.2, 0.25) is 0 Å². The maximum atomic E-state index is 14.1. The summed E-state index contributed by atoms with van der Waals surface area (Å²) in [6.45, 7) is 4.77. The first-order valence-corrected chi connectivity index (χ1v) is 12.1. The number of benzene rings is 3. The van der Waals surface area contributed by atoms with Crippen LogP contribution in [0.2, 0.25) is 0 Å². The molecule has 3 amide bonds. The lowest BCUT2D eigenvalue weighted by Crippen LogP contribution is -2.51. The third-order valence-corrected chi connectivity index (χ3v) is 7.68. The molecule has 2 aliphatic heterocycles. The largest absolute Gasteiger partial charge is 0.323 e. The summed E-state index contributed by atoms with van der Waals surface area (Å²) in [5.41, 5.74) is 5.86. The van der Waals surface area contributed by atoms with Crippen LogP contribution in [0.3, 0.4) is 0 Å². The van der Waals surface area contributed by atoms with E-state index in [-0.39, 0.29) is 11.9 Å². The fourth-order valence-corrected chi connectivity index (χ4v) is 6.17. The molecule has 1 fully saturated rings. The van der Waals surface area contributed by atoms with Crippen molar-refractivity contribution in [1.29, 1.82) is 5.26 Å². The van der Waals surface area contributed by atoms with Gasteiger partial charge in [-0.05, 0) is 55.3 Å². The van der Waals surface area contributed by atoms with Crippen LogP contribution in [-0.2, 0) is 16.2 Å². The van der Waals surface area contributed by atoms with Crippen molar-refractivity contribution in [3.63, 3.8) is 0 Å². The van der Waals surface area contributed by atoms with Gasteiger partial charge in [-0.25, -0.2) is 4.79 Å². The van der Waals surface area contributed by atoms with Gasteiger partial charge in [0.05, 0.1) is 23.9 Å². The summed E-state index contributed by atoms with van der Waals surface area (Å²) >= 11 is 1.51. The molecule has 1 saturated heterocycles. The van der Waals surface area contributed by atoms with Gasteiger partial charge < -0.3 is 10.2 Å². The second-order valence-corrected chi connectivity index (χ2v) is 9.96. The molecule has 0 saturated carbocycles. The van der Waals surface area contributed by atoms with E-state index in [1.165, 1.54) is 11.8 Å². The molecule has 1 atom stereocenters. The zero-order valence-corrected chi connectivity index (χ0v) is 19.9. The number of urea groups is 1. The summed E-state index contributed by atoms with van der Waals surface area (Å²) in [5.74, 6) is 0.537. The van der Waals surface area contributed by atoms with Gasteiger partial charge in [-0.1, -0.05) is 42.0 Å². The maximum absolute atomic E-state index is 14.1. The minimum atomic E-state index is -1.11. The Hall–Kier alpha value is -3.76. The number of fused-ring (bicyclic) bond motifs is 2. The SMILES string of the molecule is Cc1cccc(NC(=O)N2CCSC23C(=O)N(Cc2cccc(C#N)c2)c2ccc(C)cc23)c1. The molecule has 0 radical (unpaired) electrons. The van der Waals surface area contributed by atoms with Crippen molar-refractivity contribution in [3.8, 4) is 6.07 Å². The van der Waals surface area contributed by atoms with Gasteiger partial charge in [-0.3, -0.25) is 9.69 Å². The summed E-state index contributed by atoms with van der Waals surface area (Å²) in [4.78, 5) is 29.9. The summed E-state index contributed by atoms with van der Waals surface area (Å²) in [5, 5.41) is 12.3. The third kappa shape index (κ3) is 3.61. The van der Waals surface area contributed by atoms with Crippen LogP contribution in [0, 0.1) is 25.2 Å². The minimum Gasteiger partial charge on any atom is -0.308 e. The topological polar surface area (TPSA) is 76.4 Å². The lowest BCUT2D eigenvalue weighted by atomic mass is 10.0. The highest BCUT2D eigenvalue weighted by molar-refractivity contribution is 8.01. The Kier molecular flexibility index (Phi) is 5.54. The van der Waals surface area contributed by atoms with Crippen LogP contribution in [0.1, 0.15) is 27.8 Å². The Morgan fingerprint density at radius 3 is 2.68 bits per heavy atom. The second-order valence-electron chi connectivity index (χ2n) is 8.67. The number of nitrogens with one attached hydrogen (secondary N) is 1. The summed E-state index contributed by atoms with van der Waals surface area (Å²) in [7, 11) is 0. The predicted octanol–water partition coefficient (Wildman–Crippen LogP) is 5.16. The van der Waals surface area contributed by atoms with E-state index in [2.05, 4.69) is 11.4 Å². The van der Waals surface area contributed by atoms with E-state index in [1.807, 2.05) is 68.4 Å². The van der Waals surface area contributed by atoms with Crippen LogP contribution >= 0.6 is 11.8 Å². The van der Waals surface area contributed by atoms with E-state index in [0.717, 1.165) is 27.9 Å². The lowest BCUT2D eigenvalue weighted by Gasteiger charge is -2.33. The quantitative estimate of drug-likeness (QED) is 0.576. The average molecular weight is 469 g/mol. The number of carbonyl (C=O) groups is 2. The molecule has 34 heavy (non-hydrogen) atoms. The number of rotatable bonds is 3. The highest BCUT2D eigenvalue weighted by atomic mass is 32.2. The van der Waals surface area contributed by atoms with Crippen molar-refractivity contribution in [1.82, 2.24) is 4.90 Å². The molecule has 1 unspecified atom stereocenters. The summed E-state index contributed by atoms with van der Waals surface area (Å²) < 4.78 is 0. The van der Waals surface area contributed by atoms with Gasteiger partial charge in [0.1, 0.15) is 0 Å². The van der Waals surface area contributed by atoms with Gasteiger partial charge in [0, 0.05) is 23.5 Å². The fourth-order valence-electron chi connectivity index (χ4n) is 4.72. The molecule has 2 heterocycles. The molecule has 1 spiro atoms. The Balaban J connectivity index is 1.53. The average Bonchev–Trinajstić information content (AvgIpc) is 3.36. The van der Waals surface area contributed by atoms with E-state index in [4.69, 9.17) is 0 Å². The molecule has 170 valence electrons. The Bertz CT molecular complexity index is 1350. The number of hydrogen-bond acceptors (Lipinski definition) is 4. The summed E-state index contributed by atoms with van der Waals surface area (Å²) in [6, 6.07) is 22.8. The van der Waals surface area contributed by atoms with Crippen LogP contribution in [0.4, 0.5) is 16.2 Å². The van der Waals surface area contributed by atoms with Crippen molar-refractivity contribution in [2.45, 2.75) is 25.3 Å². The second kappa shape index (κ2) is 8.54. The predicted molar refractivity (Wildman–Crippen MR) is 135 cm³/mol. The molecule has 0 bridgehead atoms. The fraction of sp³-hybridized carbons (Fsp3) is 0.222. The number of thioether (sulfide) groups is 1. The van der Waals surface area contributed by atoms with Crippen LogP contribution in [0.15, 0.2) is 66.7 Å². The lowest BCUT2D eigenvalue weighted by molar-refractivity contribution is -0.123. The molecule has 6 nitrogen and oxygen atoms in total. The Labute approximate surface area is 203 Å². The van der Waals surface area contributed by atoms with Crippen molar-refractivity contribution in [2.24, 2.45) is 0 Å². The molecule has 5 rings (SSSR count). The van der Waals surface area contributed by atoms with Crippen molar-refractivity contribution in [2.75, 3.05) is 22.5 Å². The minimum absolute atomic E-state index is 0.127. The molecular weight excluding hydrogens is 444 g/mol. The number of nitriles is 1. The number of amides is 3. The first-order valence-electron chi connectivity index (χ1n) is 11.1. The van der Waals surface area contributed by atoms with Crippen LogP contribution < -0.4 is 10.2 Å². The first kappa shape index (κ1) is 22.1. The number of aryl methyl sites for hydroxylation is 2. The zero-order valence-electron chi connectivity index (χ0n) is 19.0. The number of carbonyl (C=O) groups excluding carboxylic acids is 2. The highest BCUT2D eigenvalue weighted by Crippen LogP contribution is 2.54. The standard InChI is InChI=1S/C27H24N4O2S/c1-18-5-3-8-22(13-18)29-26(33)31-11-12-34-27(31)23-14-19(2)9-10-24(23)30(25(27)32)17-21-7-4-6-20(15-21)16-28/h3-10,13-15H,11-12,17H2,1-2H3,(H,29,33). The van der Waals surface area contributed by atoms with Crippen molar-refractivity contribution >= 4 is 35.1 Å². The smallest absolute Gasteiger partial charge is 0.308 e. The zero-order chi connectivity index (χ0) is 23.9. The third-order valence-electron chi connectivity index (χ3n) is 6.26. The normalized spacial score (nSPS) is 18.8. The number of hydrogen-bond donors (Lipinski definition) is 1. The van der Waals surface area contributed by atoms with E-state index in [9.17, 15) is 14.9 Å². The van der Waals surface area contributed by atoms with Gasteiger partial charge >= 0.3 is 6.03 Å². The molecule has 0 aliphatic carbocycles. The molecule has 2 aliphatic rings. The molecule has 1 N–H and O–H groups in total. The van der Waals surface area contributed by atoms with Crippen LogP contribution in [0.25, 0.3) is 0 Å².